The second-order valence-electron chi connectivity index (χ2n) is 5.75. The number of aromatic nitrogens is 3. The SMILES string of the molecule is Nc1c(C(=O)Nc2ccc(Cl)cc2C(F)(F)F)nnn1Cc1ccc(Cl)cc1. The molecule has 6 nitrogen and oxygen atoms in total. The highest BCUT2D eigenvalue weighted by molar-refractivity contribution is 6.31. The van der Waals surface area contributed by atoms with Crippen LogP contribution in [-0.4, -0.2) is 20.9 Å². The molecule has 0 saturated heterocycles. The number of anilines is 2. The zero-order chi connectivity index (χ0) is 20.5. The molecule has 2 aromatic carbocycles. The summed E-state index contributed by atoms with van der Waals surface area (Å²) in [6.45, 7) is 0.206. The minimum Gasteiger partial charge on any atom is -0.382 e. The van der Waals surface area contributed by atoms with Crippen molar-refractivity contribution in [1.82, 2.24) is 15.0 Å². The number of nitrogens with zero attached hydrogens (tertiary/aromatic N) is 3. The molecule has 28 heavy (non-hydrogen) atoms. The molecule has 0 atom stereocenters. The summed E-state index contributed by atoms with van der Waals surface area (Å²) in [4.78, 5) is 12.4. The van der Waals surface area contributed by atoms with Crippen LogP contribution in [0.15, 0.2) is 42.5 Å². The molecule has 11 heteroatoms. The Morgan fingerprint density at radius 3 is 2.39 bits per heavy atom. The largest absolute Gasteiger partial charge is 0.418 e. The van der Waals surface area contributed by atoms with E-state index in [0.29, 0.717) is 5.02 Å². The standard InChI is InChI=1S/C17H12Cl2F3N5O/c18-10-3-1-9(2-4-10)8-27-15(23)14(25-26-27)16(28)24-13-6-5-11(19)7-12(13)17(20,21)22/h1-7H,8,23H2,(H,24,28). The second kappa shape index (κ2) is 7.69. The van der Waals surface area contributed by atoms with Gasteiger partial charge in [-0.25, -0.2) is 4.68 Å². The van der Waals surface area contributed by atoms with E-state index in [4.69, 9.17) is 28.9 Å². The Hall–Kier alpha value is -2.78. The van der Waals surface area contributed by atoms with Gasteiger partial charge in [-0.15, -0.1) is 5.10 Å². The van der Waals surface area contributed by atoms with E-state index in [9.17, 15) is 18.0 Å². The molecule has 0 spiro atoms. The Labute approximate surface area is 167 Å². The Morgan fingerprint density at radius 2 is 1.75 bits per heavy atom. The van der Waals surface area contributed by atoms with Crippen molar-refractivity contribution in [3.8, 4) is 0 Å². The van der Waals surface area contributed by atoms with Gasteiger partial charge in [0.15, 0.2) is 11.5 Å². The van der Waals surface area contributed by atoms with E-state index in [1.165, 1.54) is 10.7 Å². The highest BCUT2D eigenvalue weighted by Gasteiger charge is 2.34. The average molecular weight is 430 g/mol. The van der Waals surface area contributed by atoms with E-state index in [2.05, 4.69) is 15.6 Å². The summed E-state index contributed by atoms with van der Waals surface area (Å²) in [6, 6.07) is 9.84. The number of alkyl halides is 3. The van der Waals surface area contributed by atoms with Crippen LogP contribution in [0.5, 0.6) is 0 Å². The normalized spacial score (nSPS) is 11.5. The van der Waals surface area contributed by atoms with E-state index in [1.54, 1.807) is 24.3 Å². The maximum absolute atomic E-state index is 13.2. The fourth-order valence-corrected chi connectivity index (χ4v) is 2.70. The first kappa shape index (κ1) is 20.0. The number of amides is 1. The number of benzene rings is 2. The Kier molecular flexibility index (Phi) is 5.48. The van der Waals surface area contributed by atoms with Gasteiger partial charge >= 0.3 is 6.18 Å². The highest BCUT2D eigenvalue weighted by Crippen LogP contribution is 2.36. The summed E-state index contributed by atoms with van der Waals surface area (Å²) >= 11 is 11.4. The first-order chi connectivity index (χ1) is 13.1. The van der Waals surface area contributed by atoms with Crippen LogP contribution in [0.3, 0.4) is 0 Å². The first-order valence-electron chi connectivity index (χ1n) is 7.76. The Morgan fingerprint density at radius 1 is 1.11 bits per heavy atom. The van der Waals surface area contributed by atoms with Crippen LogP contribution in [0.1, 0.15) is 21.6 Å². The number of hydrogen-bond donors (Lipinski definition) is 2. The van der Waals surface area contributed by atoms with Crippen LogP contribution in [0, 0.1) is 0 Å². The second-order valence-corrected chi connectivity index (χ2v) is 6.62. The monoisotopic (exact) mass is 429 g/mol. The van der Waals surface area contributed by atoms with Gasteiger partial charge in [-0.05, 0) is 35.9 Å². The van der Waals surface area contributed by atoms with Crippen LogP contribution in [-0.2, 0) is 12.7 Å². The summed E-state index contributed by atoms with van der Waals surface area (Å²) in [5.41, 5.74) is 4.85. The number of nitrogens with two attached hydrogens (primary N) is 1. The molecule has 1 aromatic heterocycles. The van der Waals surface area contributed by atoms with Crippen molar-refractivity contribution in [2.24, 2.45) is 0 Å². The molecule has 1 amide bonds. The third-order valence-electron chi connectivity index (χ3n) is 3.77. The maximum Gasteiger partial charge on any atom is 0.418 e. The number of hydrogen-bond acceptors (Lipinski definition) is 4. The van der Waals surface area contributed by atoms with Gasteiger partial charge < -0.3 is 11.1 Å². The first-order valence-corrected chi connectivity index (χ1v) is 8.52. The van der Waals surface area contributed by atoms with Gasteiger partial charge in [0.05, 0.1) is 17.8 Å². The Balaban J connectivity index is 1.83. The molecule has 0 bridgehead atoms. The lowest BCUT2D eigenvalue weighted by Crippen LogP contribution is -2.18. The van der Waals surface area contributed by atoms with E-state index in [0.717, 1.165) is 17.7 Å². The molecule has 0 aliphatic carbocycles. The molecule has 0 aliphatic rings. The minimum absolute atomic E-state index is 0.0880. The quantitative estimate of drug-likeness (QED) is 0.639. The van der Waals surface area contributed by atoms with Gasteiger partial charge in [-0.3, -0.25) is 4.79 Å². The zero-order valence-corrected chi connectivity index (χ0v) is 15.5. The number of carbonyl (C=O) groups excluding carboxylic acids is 1. The van der Waals surface area contributed by atoms with Crippen LogP contribution >= 0.6 is 23.2 Å². The Bertz CT molecular complexity index is 1020. The third kappa shape index (κ3) is 4.37. The fourth-order valence-electron chi connectivity index (χ4n) is 2.40. The van der Waals surface area contributed by atoms with Crippen molar-refractivity contribution in [3.63, 3.8) is 0 Å². The summed E-state index contributed by atoms with van der Waals surface area (Å²) in [5, 5.41) is 10.1. The molecular weight excluding hydrogens is 418 g/mol. The molecule has 0 aliphatic heterocycles. The van der Waals surface area contributed by atoms with Crippen molar-refractivity contribution >= 4 is 40.6 Å². The molecule has 0 saturated carbocycles. The average Bonchev–Trinajstić information content (AvgIpc) is 2.98. The van der Waals surface area contributed by atoms with Gasteiger partial charge in [-0.1, -0.05) is 40.5 Å². The zero-order valence-electron chi connectivity index (χ0n) is 14.0. The van der Waals surface area contributed by atoms with Crippen LogP contribution in [0.4, 0.5) is 24.7 Å². The molecule has 146 valence electrons. The smallest absolute Gasteiger partial charge is 0.382 e. The minimum atomic E-state index is -4.70. The number of halogens is 5. The van der Waals surface area contributed by atoms with Gasteiger partial charge in [0.1, 0.15) is 0 Å². The van der Waals surface area contributed by atoms with Gasteiger partial charge in [0.25, 0.3) is 5.91 Å². The van der Waals surface area contributed by atoms with Crippen LogP contribution in [0.2, 0.25) is 10.0 Å². The summed E-state index contributed by atoms with van der Waals surface area (Å²) in [5.74, 6) is -1.01. The van der Waals surface area contributed by atoms with Crippen molar-refractivity contribution in [1.29, 1.82) is 0 Å². The third-order valence-corrected chi connectivity index (χ3v) is 4.26. The van der Waals surface area contributed by atoms with Gasteiger partial charge in [0.2, 0.25) is 0 Å². The highest BCUT2D eigenvalue weighted by atomic mass is 35.5. The molecule has 0 unspecified atom stereocenters. The van der Waals surface area contributed by atoms with Crippen LogP contribution in [0.25, 0.3) is 0 Å². The summed E-state index contributed by atoms with van der Waals surface area (Å²) in [6.07, 6.45) is -4.70. The van der Waals surface area contributed by atoms with Crippen molar-refractivity contribution in [3.05, 3.63) is 69.3 Å². The summed E-state index contributed by atoms with van der Waals surface area (Å²) < 4.78 is 40.7. The topological polar surface area (TPSA) is 85.8 Å². The number of nitrogens with one attached hydrogen (secondary N) is 1. The van der Waals surface area contributed by atoms with Gasteiger partial charge in [-0.2, -0.15) is 13.2 Å². The van der Waals surface area contributed by atoms with Crippen molar-refractivity contribution in [2.75, 3.05) is 11.1 Å². The van der Waals surface area contributed by atoms with Crippen molar-refractivity contribution < 1.29 is 18.0 Å². The predicted molar refractivity (Wildman–Crippen MR) is 99.4 cm³/mol. The lowest BCUT2D eigenvalue weighted by molar-refractivity contribution is -0.136. The van der Waals surface area contributed by atoms with E-state index in [-0.39, 0.29) is 23.1 Å². The molecule has 3 rings (SSSR count). The molecule has 1 heterocycles. The van der Waals surface area contributed by atoms with Crippen molar-refractivity contribution in [2.45, 2.75) is 12.7 Å². The lowest BCUT2D eigenvalue weighted by Gasteiger charge is -2.13. The van der Waals surface area contributed by atoms with E-state index < -0.39 is 23.3 Å². The molecule has 3 aromatic rings. The molecule has 0 radical (unpaired) electrons. The van der Waals surface area contributed by atoms with E-state index >= 15 is 0 Å². The predicted octanol–water partition coefficient (Wildman–Crippen LogP) is 4.49. The lowest BCUT2D eigenvalue weighted by atomic mass is 10.1. The molecule has 0 fully saturated rings. The number of carbonyl (C=O) groups is 1. The number of nitrogen functional groups attached to an aromatic ring is 1. The van der Waals surface area contributed by atoms with E-state index in [1.807, 2.05) is 0 Å². The maximum atomic E-state index is 13.2. The molecular formula is C17H12Cl2F3N5O. The fraction of sp³-hybridized carbons (Fsp3) is 0.118. The molecule has 3 N–H and O–H groups in total. The number of rotatable bonds is 4. The van der Waals surface area contributed by atoms with Crippen LogP contribution < -0.4 is 11.1 Å². The van der Waals surface area contributed by atoms with Gasteiger partial charge in [0, 0.05) is 10.0 Å². The summed E-state index contributed by atoms with van der Waals surface area (Å²) in [7, 11) is 0.